The summed E-state index contributed by atoms with van der Waals surface area (Å²) in [7, 11) is 0. The van der Waals surface area contributed by atoms with Crippen LogP contribution < -0.4 is 0 Å². The Kier molecular flexibility index (Phi) is 4.43. The first-order valence-corrected chi connectivity index (χ1v) is 4.60. The highest BCUT2D eigenvalue weighted by atomic mass is 35.5. The van der Waals surface area contributed by atoms with Crippen LogP contribution in [0.3, 0.4) is 0 Å². The van der Waals surface area contributed by atoms with Gasteiger partial charge < -0.3 is 9.84 Å². The molecule has 1 aromatic carbocycles. The number of carbonyl (C=O) groups is 1. The minimum atomic E-state index is -0.943. The van der Waals surface area contributed by atoms with Gasteiger partial charge in [0, 0.05) is 5.02 Å². The number of hydrogen-bond acceptors (Lipinski definition) is 2. The normalized spacial score (nSPS) is 10.1. The molecule has 0 bridgehead atoms. The minimum absolute atomic E-state index is 0.242. The summed E-state index contributed by atoms with van der Waals surface area (Å²) in [5.74, 6) is -0.943. The molecule has 0 aromatic heterocycles. The molecule has 0 radical (unpaired) electrons. The van der Waals surface area contributed by atoms with Crippen LogP contribution in [0.1, 0.15) is 5.56 Å². The van der Waals surface area contributed by atoms with Crippen molar-refractivity contribution in [1.29, 1.82) is 0 Å². The van der Waals surface area contributed by atoms with E-state index in [2.05, 4.69) is 0 Å². The second kappa shape index (κ2) is 5.62. The Hall–Kier alpha value is -1.06. The lowest BCUT2D eigenvalue weighted by atomic mass is 10.2. The monoisotopic (exact) mass is 214 g/mol. The van der Waals surface area contributed by atoms with Gasteiger partial charge in [0.2, 0.25) is 0 Å². The average molecular weight is 215 g/mol. The maximum absolute atomic E-state index is 10.1. The molecule has 3 nitrogen and oxygen atoms in total. The number of hydrogen-bond donors (Lipinski definition) is 1. The quantitative estimate of drug-likeness (QED) is 0.763. The summed E-state index contributed by atoms with van der Waals surface area (Å²) in [6.45, 7) is 0.168. The molecule has 0 heterocycles. The van der Waals surface area contributed by atoms with Gasteiger partial charge in [0.1, 0.15) is 6.61 Å². The molecule has 0 unspecified atom stereocenters. The first-order valence-electron chi connectivity index (χ1n) is 4.22. The van der Waals surface area contributed by atoms with Crippen LogP contribution >= 0.6 is 11.6 Å². The smallest absolute Gasteiger partial charge is 0.329 e. The summed E-state index contributed by atoms with van der Waals surface area (Å²) < 4.78 is 4.90. The van der Waals surface area contributed by atoms with E-state index in [1.807, 2.05) is 12.1 Å². The van der Waals surface area contributed by atoms with Gasteiger partial charge in [-0.05, 0) is 24.1 Å². The molecule has 0 aliphatic heterocycles. The highest BCUT2D eigenvalue weighted by Gasteiger charge is 1.97. The van der Waals surface area contributed by atoms with E-state index in [1.165, 1.54) is 0 Å². The fourth-order valence-electron chi connectivity index (χ4n) is 1.00. The number of benzene rings is 1. The zero-order valence-electron chi connectivity index (χ0n) is 7.57. The minimum Gasteiger partial charge on any atom is -0.480 e. The van der Waals surface area contributed by atoms with E-state index >= 15 is 0 Å². The Morgan fingerprint density at radius 1 is 1.36 bits per heavy atom. The van der Waals surface area contributed by atoms with Crippen LogP contribution in [-0.4, -0.2) is 24.3 Å². The molecule has 0 spiro atoms. The number of carboxylic acid groups (broad SMARTS) is 1. The number of aliphatic carboxylic acids is 1. The van der Waals surface area contributed by atoms with Crippen molar-refractivity contribution in [2.24, 2.45) is 0 Å². The first-order chi connectivity index (χ1) is 6.68. The number of ether oxygens (including phenoxy) is 1. The van der Waals surface area contributed by atoms with Gasteiger partial charge in [-0.1, -0.05) is 23.7 Å². The van der Waals surface area contributed by atoms with Crippen LogP contribution in [0, 0.1) is 0 Å². The zero-order chi connectivity index (χ0) is 10.4. The van der Waals surface area contributed by atoms with Gasteiger partial charge in [-0.2, -0.15) is 0 Å². The molecule has 1 aromatic rings. The summed E-state index contributed by atoms with van der Waals surface area (Å²) in [5, 5.41) is 9.00. The van der Waals surface area contributed by atoms with E-state index in [0.29, 0.717) is 18.1 Å². The third-order valence-corrected chi connectivity index (χ3v) is 1.93. The number of halogens is 1. The fourth-order valence-corrected chi connectivity index (χ4v) is 1.13. The van der Waals surface area contributed by atoms with Gasteiger partial charge in [-0.3, -0.25) is 0 Å². The SMILES string of the molecule is O=C(O)COCCc1ccc(Cl)cc1. The second-order valence-corrected chi connectivity index (χ2v) is 3.26. The highest BCUT2D eigenvalue weighted by molar-refractivity contribution is 6.30. The van der Waals surface area contributed by atoms with E-state index in [-0.39, 0.29) is 6.61 Å². The fraction of sp³-hybridized carbons (Fsp3) is 0.300. The van der Waals surface area contributed by atoms with Gasteiger partial charge >= 0.3 is 5.97 Å². The lowest BCUT2D eigenvalue weighted by Gasteiger charge is -2.01. The molecular weight excluding hydrogens is 204 g/mol. The Morgan fingerprint density at radius 2 is 2.00 bits per heavy atom. The molecule has 0 saturated heterocycles. The molecular formula is C10H11ClO3. The second-order valence-electron chi connectivity index (χ2n) is 2.82. The Balaban J connectivity index is 2.25. The predicted molar refractivity (Wildman–Crippen MR) is 53.6 cm³/mol. The molecule has 1 rings (SSSR count). The Labute approximate surface area is 87.3 Å². The summed E-state index contributed by atoms with van der Waals surface area (Å²) in [4.78, 5) is 10.1. The van der Waals surface area contributed by atoms with Crippen molar-refractivity contribution in [2.45, 2.75) is 6.42 Å². The molecule has 1 N–H and O–H groups in total. The van der Waals surface area contributed by atoms with Crippen LogP contribution in [0.25, 0.3) is 0 Å². The molecule has 0 amide bonds. The van der Waals surface area contributed by atoms with Crippen molar-refractivity contribution in [3.05, 3.63) is 34.9 Å². The number of carboxylic acids is 1. The van der Waals surface area contributed by atoms with Crippen molar-refractivity contribution in [3.63, 3.8) is 0 Å². The molecule has 76 valence electrons. The van der Waals surface area contributed by atoms with Crippen LogP contribution in [-0.2, 0) is 16.0 Å². The predicted octanol–water partition coefficient (Wildman–Crippen LogP) is 1.98. The lowest BCUT2D eigenvalue weighted by molar-refractivity contribution is -0.142. The molecule has 0 aliphatic rings. The molecule has 4 heteroatoms. The first kappa shape index (κ1) is 11.0. The van der Waals surface area contributed by atoms with Gasteiger partial charge in [-0.15, -0.1) is 0 Å². The van der Waals surface area contributed by atoms with E-state index in [0.717, 1.165) is 5.56 Å². The van der Waals surface area contributed by atoms with Gasteiger partial charge in [0.05, 0.1) is 6.61 Å². The van der Waals surface area contributed by atoms with Gasteiger partial charge in [0.15, 0.2) is 0 Å². The summed E-state index contributed by atoms with van der Waals surface area (Å²) >= 11 is 5.71. The summed E-state index contributed by atoms with van der Waals surface area (Å²) in [5.41, 5.74) is 1.08. The van der Waals surface area contributed by atoms with E-state index < -0.39 is 5.97 Å². The molecule has 0 saturated carbocycles. The van der Waals surface area contributed by atoms with Crippen molar-refractivity contribution < 1.29 is 14.6 Å². The van der Waals surface area contributed by atoms with Crippen molar-refractivity contribution in [3.8, 4) is 0 Å². The van der Waals surface area contributed by atoms with Gasteiger partial charge in [0.25, 0.3) is 0 Å². The number of rotatable bonds is 5. The lowest BCUT2D eigenvalue weighted by Crippen LogP contribution is -2.08. The molecule has 0 atom stereocenters. The van der Waals surface area contributed by atoms with E-state index in [9.17, 15) is 4.79 Å². The van der Waals surface area contributed by atoms with Gasteiger partial charge in [-0.25, -0.2) is 4.79 Å². The maximum Gasteiger partial charge on any atom is 0.329 e. The van der Waals surface area contributed by atoms with Crippen LogP contribution in [0.5, 0.6) is 0 Å². The Morgan fingerprint density at radius 3 is 2.57 bits per heavy atom. The summed E-state index contributed by atoms with van der Waals surface area (Å²) in [6, 6.07) is 7.39. The topological polar surface area (TPSA) is 46.5 Å². The molecule has 14 heavy (non-hydrogen) atoms. The third kappa shape index (κ3) is 4.25. The summed E-state index contributed by atoms with van der Waals surface area (Å²) in [6.07, 6.45) is 0.699. The standard InChI is InChI=1S/C10H11ClO3/c11-9-3-1-8(2-4-9)5-6-14-7-10(12)13/h1-4H,5-7H2,(H,12,13). The highest BCUT2D eigenvalue weighted by Crippen LogP contribution is 2.09. The average Bonchev–Trinajstić information content (AvgIpc) is 2.15. The zero-order valence-corrected chi connectivity index (χ0v) is 8.33. The van der Waals surface area contributed by atoms with Crippen molar-refractivity contribution in [2.75, 3.05) is 13.2 Å². The molecule has 0 fully saturated rings. The van der Waals surface area contributed by atoms with Crippen molar-refractivity contribution >= 4 is 17.6 Å². The molecule has 0 aliphatic carbocycles. The van der Waals surface area contributed by atoms with Crippen LogP contribution in [0.2, 0.25) is 5.02 Å². The largest absolute Gasteiger partial charge is 0.480 e. The van der Waals surface area contributed by atoms with Crippen molar-refractivity contribution in [1.82, 2.24) is 0 Å². The van der Waals surface area contributed by atoms with Crippen LogP contribution in [0.4, 0.5) is 0 Å². The van der Waals surface area contributed by atoms with E-state index in [4.69, 9.17) is 21.4 Å². The maximum atomic E-state index is 10.1. The van der Waals surface area contributed by atoms with Crippen LogP contribution in [0.15, 0.2) is 24.3 Å². The third-order valence-electron chi connectivity index (χ3n) is 1.67. The Bertz CT molecular complexity index is 295. The van der Waals surface area contributed by atoms with E-state index in [1.54, 1.807) is 12.1 Å².